The molecule has 0 bridgehead atoms. The molecule has 1 fully saturated rings. The van der Waals surface area contributed by atoms with E-state index in [1.54, 1.807) is 13.2 Å². The van der Waals surface area contributed by atoms with Crippen molar-refractivity contribution in [3.05, 3.63) is 22.7 Å². The number of benzene rings is 1. The van der Waals surface area contributed by atoms with Crippen LogP contribution in [0.25, 0.3) is 0 Å². The second-order valence-corrected chi connectivity index (χ2v) is 7.39. The van der Waals surface area contributed by atoms with Crippen LogP contribution in [-0.4, -0.2) is 60.9 Å². The smallest absolute Gasteiger partial charge is 0.241 e. The van der Waals surface area contributed by atoms with Gasteiger partial charge in [0.1, 0.15) is 5.75 Å². The highest BCUT2D eigenvalue weighted by Gasteiger charge is 2.28. The number of rotatable bonds is 5. The van der Waals surface area contributed by atoms with Crippen LogP contribution in [0.1, 0.15) is 26.3 Å². The number of carbonyl (C=O) groups excluding carboxylic acids is 2. The molecule has 1 heterocycles. The first-order valence-corrected chi connectivity index (χ1v) is 9.30. The van der Waals surface area contributed by atoms with Crippen molar-refractivity contribution in [1.82, 2.24) is 9.80 Å². The summed E-state index contributed by atoms with van der Waals surface area (Å²) in [6.07, 6.45) is 0. The van der Waals surface area contributed by atoms with Gasteiger partial charge in [-0.05, 0) is 25.5 Å². The first kappa shape index (κ1) is 20.5. The quantitative estimate of drug-likeness (QED) is 0.851. The number of piperazine rings is 1. The van der Waals surface area contributed by atoms with E-state index in [9.17, 15) is 9.59 Å². The third-order valence-electron chi connectivity index (χ3n) is 4.79. The summed E-state index contributed by atoms with van der Waals surface area (Å²) >= 11 is 6.11. The van der Waals surface area contributed by atoms with Gasteiger partial charge in [0.25, 0.3) is 0 Å². The normalized spacial score (nSPS) is 16.5. The minimum Gasteiger partial charge on any atom is -0.495 e. The van der Waals surface area contributed by atoms with Crippen LogP contribution < -0.4 is 10.1 Å². The second-order valence-electron chi connectivity index (χ2n) is 6.98. The summed E-state index contributed by atoms with van der Waals surface area (Å²) in [7, 11) is 1.55. The first-order valence-electron chi connectivity index (χ1n) is 8.92. The van der Waals surface area contributed by atoms with Crippen molar-refractivity contribution in [1.29, 1.82) is 0 Å². The standard InChI is InChI=1S/C19H28ClN3O3/c1-12(2)19(25)23-8-6-22(7-9-23)14(4)18(24)21-16-10-13(3)15(20)11-17(16)26-5/h10-12,14H,6-9H2,1-5H3,(H,21,24)/t14-/m0/s1. The highest BCUT2D eigenvalue weighted by Crippen LogP contribution is 2.31. The Balaban J connectivity index is 1.99. The fraction of sp³-hybridized carbons (Fsp3) is 0.579. The monoisotopic (exact) mass is 381 g/mol. The van der Waals surface area contributed by atoms with Crippen molar-refractivity contribution in [2.45, 2.75) is 33.7 Å². The number of hydrogen-bond acceptors (Lipinski definition) is 4. The van der Waals surface area contributed by atoms with Gasteiger partial charge >= 0.3 is 0 Å². The predicted molar refractivity (Wildman–Crippen MR) is 104 cm³/mol. The molecule has 1 aromatic rings. The van der Waals surface area contributed by atoms with Crippen molar-refractivity contribution in [3.8, 4) is 5.75 Å². The third kappa shape index (κ3) is 4.68. The van der Waals surface area contributed by atoms with Crippen LogP contribution in [0.3, 0.4) is 0 Å². The maximum absolute atomic E-state index is 12.7. The average Bonchev–Trinajstić information content (AvgIpc) is 2.63. The Labute approximate surface area is 160 Å². The largest absolute Gasteiger partial charge is 0.495 e. The number of methoxy groups -OCH3 is 1. The molecule has 26 heavy (non-hydrogen) atoms. The summed E-state index contributed by atoms with van der Waals surface area (Å²) in [4.78, 5) is 28.7. The lowest BCUT2D eigenvalue weighted by molar-refractivity contribution is -0.136. The molecule has 0 saturated carbocycles. The van der Waals surface area contributed by atoms with Crippen LogP contribution >= 0.6 is 11.6 Å². The number of nitrogens with one attached hydrogen (secondary N) is 1. The van der Waals surface area contributed by atoms with Gasteiger partial charge in [-0.15, -0.1) is 0 Å². The van der Waals surface area contributed by atoms with Gasteiger partial charge in [0, 0.05) is 43.2 Å². The summed E-state index contributed by atoms with van der Waals surface area (Å²) < 4.78 is 5.31. The van der Waals surface area contributed by atoms with E-state index in [4.69, 9.17) is 16.3 Å². The lowest BCUT2D eigenvalue weighted by Crippen LogP contribution is -2.54. The fourth-order valence-electron chi connectivity index (χ4n) is 3.03. The van der Waals surface area contributed by atoms with Crippen LogP contribution in [0.5, 0.6) is 5.75 Å². The van der Waals surface area contributed by atoms with E-state index in [1.165, 1.54) is 0 Å². The molecule has 1 aliphatic rings. The van der Waals surface area contributed by atoms with Crippen LogP contribution in [0.2, 0.25) is 5.02 Å². The molecule has 7 heteroatoms. The lowest BCUT2D eigenvalue weighted by Gasteiger charge is -2.38. The van der Waals surface area contributed by atoms with Gasteiger partial charge in [0.05, 0.1) is 18.8 Å². The topological polar surface area (TPSA) is 61.9 Å². The summed E-state index contributed by atoms with van der Waals surface area (Å²) in [5, 5.41) is 3.53. The Morgan fingerprint density at radius 2 is 1.77 bits per heavy atom. The van der Waals surface area contributed by atoms with Crippen LogP contribution in [-0.2, 0) is 9.59 Å². The van der Waals surface area contributed by atoms with Crippen molar-refractivity contribution >= 4 is 29.1 Å². The Hall–Kier alpha value is -1.79. The van der Waals surface area contributed by atoms with E-state index >= 15 is 0 Å². The summed E-state index contributed by atoms with van der Waals surface area (Å²) in [5.74, 6) is 0.605. The highest BCUT2D eigenvalue weighted by atomic mass is 35.5. The van der Waals surface area contributed by atoms with E-state index in [2.05, 4.69) is 10.2 Å². The van der Waals surface area contributed by atoms with E-state index < -0.39 is 0 Å². The molecule has 1 atom stereocenters. The molecule has 0 spiro atoms. The fourth-order valence-corrected chi connectivity index (χ4v) is 3.18. The van der Waals surface area contributed by atoms with Crippen LogP contribution in [0.4, 0.5) is 5.69 Å². The van der Waals surface area contributed by atoms with Crippen LogP contribution in [0.15, 0.2) is 12.1 Å². The van der Waals surface area contributed by atoms with E-state index in [0.29, 0.717) is 42.6 Å². The molecule has 6 nitrogen and oxygen atoms in total. The molecule has 0 unspecified atom stereocenters. The molecule has 0 aromatic heterocycles. The minimum atomic E-state index is -0.299. The van der Waals surface area contributed by atoms with Crippen molar-refractivity contribution in [3.63, 3.8) is 0 Å². The molecule has 0 aliphatic carbocycles. The average molecular weight is 382 g/mol. The van der Waals surface area contributed by atoms with Crippen molar-refractivity contribution in [2.75, 3.05) is 38.6 Å². The molecule has 1 saturated heterocycles. The number of amides is 2. The van der Waals surface area contributed by atoms with E-state index in [-0.39, 0.29) is 23.8 Å². The SMILES string of the molecule is COc1cc(Cl)c(C)cc1NC(=O)[C@H](C)N1CCN(C(=O)C(C)C)CC1. The molecule has 1 aromatic carbocycles. The Morgan fingerprint density at radius 1 is 1.15 bits per heavy atom. The minimum absolute atomic E-state index is 0.00267. The van der Waals surface area contributed by atoms with Gasteiger partial charge in [-0.25, -0.2) is 0 Å². The number of nitrogens with zero attached hydrogens (tertiary/aromatic N) is 2. The molecule has 1 aliphatic heterocycles. The Morgan fingerprint density at radius 3 is 2.31 bits per heavy atom. The van der Waals surface area contributed by atoms with Gasteiger partial charge in [-0.3, -0.25) is 14.5 Å². The summed E-state index contributed by atoms with van der Waals surface area (Å²) in [6, 6.07) is 3.21. The third-order valence-corrected chi connectivity index (χ3v) is 5.19. The molecular weight excluding hydrogens is 354 g/mol. The van der Waals surface area contributed by atoms with Crippen molar-refractivity contribution < 1.29 is 14.3 Å². The molecule has 2 rings (SSSR count). The van der Waals surface area contributed by atoms with E-state index in [0.717, 1.165) is 5.56 Å². The highest BCUT2D eigenvalue weighted by molar-refractivity contribution is 6.31. The number of aryl methyl sites for hydroxylation is 1. The maximum atomic E-state index is 12.7. The van der Waals surface area contributed by atoms with Gasteiger partial charge in [-0.2, -0.15) is 0 Å². The lowest BCUT2D eigenvalue weighted by atomic mass is 10.1. The summed E-state index contributed by atoms with van der Waals surface area (Å²) in [5.41, 5.74) is 1.48. The zero-order valence-electron chi connectivity index (χ0n) is 16.1. The number of anilines is 1. The second kappa shape index (κ2) is 8.73. The van der Waals surface area contributed by atoms with Crippen molar-refractivity contribution in [2.24, 2.45) is 5.92 Å². The maximum Gasteiger partial charge on any atom is 0.241 e. The molecule has 0 radical (unpaired) electrons. The number of hydrogen-bond donors (Lipinski definition) is 1. The molecule has 2 amide bonds. The number of halogens is 1. The molecule has 144 valence electrons. The first-order chi connectivity index (χ1) is 12.2. The van der Waals surface area contributed by atoms with Crippen LogP contribution in [0, 0.1) is 12.8 Å². The van der Waals surface area contributed by atoms with Gasteiger partial charge in [-0.1, -0.05) is 25.4 Å². The predicted octanol–water partition coefficient (Wildman–Crippen LogP) is 2.78. The number of carbonyl (C=O) groups is 2. The van der Waals surface area contributed by atoms with E-state index in [1.807, 2.05) is 38.7 Å². The molecular formula is C19H28ClN3O3. The van der Waals surface area contributed by atoms with Gasteiger partial charge in [0.2, 0.25) is 11.8 Å². The number of ether oxygens (including phenoxy) is 1. The Bertz CT molecular complexity index is 670. The zero-order valence-corrected chi connectivity index (χ0v) is 16.9. The Kier molecular flexibility index (Phi) is 6.89. The molecule has 1 N–H and O–H groups in total. The van der Waals surface area contributed by atoms with Gasteiger partial charge < -0.3 is 15.0 Å². The van der Waals surface area contributed by atoms with Gasteiger partial charge in [0.15, 0.2) is 0 Å². The summed E-state index contributed by atoms with van der Waals surface area (Å²) in [6.45, 7) is 10.2. The zero-order chi connectivity index (χ0) is 19.4.